The maximum atomic E-state index is 3.54. The molecule has 1 saturated heterocycles. The van der Waals surface area contributed by atoms with E-state index in [1.54, 1.807) is 0 Å². The molecule has 0 aliphatic carbocycles. The Bertz CT molecular complexity index is 129. The van der Waals surface area contributed by atoms with Crippen molar-refractivity contribution in [2.75, 3.05) is 13.1 Å². The highest BCUT2D eigenvalue weighted by Crippen LogP contribution is 2.26. The van der Waals surface area contributed by atoms with Crippen LogP contribution in [0.1, 0.15) is 46.5 Å². The molecule has 1 atom stereocenters. The Labute approximate surface area is 76.9 Å². The summed E-state index contributed by atoms with van der Waals surface area (Å²) in [5, 5.41) is 3.54. The molecule has 1 rings (SSSR count). The van der Waals surface area contributed by atoms with Crippen molar-refractivity contribution in [3.8, 4) is 0 Å². The van der Waals surface area contributed by atoms with E-state index in [1.165, 1.54) is 38.8 Å². The van der Waals surface area contributed by atoms with E-state index in [4.69, 9.17) is 0 Å². The van der Waals surface area contributed by atoms with E-state index in [1.807, 2.05) is 0 Å². The number of hydrogen-bond acceptors (Lipinski definition) is 1. The number of rotatable bonds is 0. The molecule has 1 fully saturated rings. The molecule has 0 aromatic heterocycles. The van der Waals surface area contributed by atoms with E-state index >= 15 is 0 Å². The van der Waals surface area contributed by atoms with Crippen LogP contribution in [0.4, 0.5) is 0 Å². The van der Waals surface area contributed by atoms with Gasteiger partial charge in [-0.1, -0.05) is 27.2 Å². The van der Waals surface area contributed by atoms with Gasteiger partial charge in [0, 0.05) is 6.54 Å². The molecular formula is C11H23N. The highest BCUT2D eigenvalue weighted by atomic mass is 14.9. The van der Waals surface area contributed by atoms with Crippen LogP contribution in [0, 0.1) is 11.3 Å². The predicted octanol–water partition coefficient (Wildman–Crippen LogP) is 2.81. The van der Waals surface area contributed by atoms with Crippen molar-refractivity contribution in [1.29, 1.82) is 0 Å². The molecule has 0 spiro atoms. The number of hydrogen-bond donors (Lipinski definition) is 1. The highest BCUT2D eigenvalue weighted by molar-refractivity contribution is 4.74. The predicted molar refractivity (Wildman–Crippen MR) is 54.3 cm³/mol. The van der Waals surface area contributed by atoms with Gasteiger partial charge in [-0.2, -0.15) is 0 Å². The lowest BCUT2D eigenvalue weighted by atomic mass is 9.85. The maximum Gasteiger partial charge on any atom is 0.000252 e. The first-order valence-electron chi connectivity index (χ1n) is 5.31. The van der Waals surface area contributed by atoms with Crippen molar-refractivity contribution in [3.63, 3.8) is 0 Å². The summed E-state index contributed by atoms with van der Waals surface area (Å²) >= 11 is 0. The Balaban J connectivity index is 2.40. The molecule has 72 valence electrons. The van der Waals surface area contributed by atoms with Gasteiger partial charge in [-0.05, 0) is 37.1 Å². The van der Waals surface area contributed by atoms with Gasteiger partial charge in [0.2, 0.25) is 0 Å². The summed E-state index contributed by atoms with van der Waals surface area (Å²) in [5.74, 6) is 0.934. The Morgan fingerprint density at radius 2 is 2.00 bits per heavy atom. The molecule has 1 aliphatic rings. The lowest BCUT2D eigenvalue weighted by molar-refractivity contribution is 0.296. The fourth-order valence-electron chi connectivity index (χ4n) is 1.87. The van der Waals surface area contributed by atoms with Gasteiger partial charge in [-0.3, -0.25) is 0 Å². The molecule has 1 nitrogen and oxygen atoms in total. The summed E-state index contributed by atoms with van der Waals surface area (Å²) in [5.41, 5.74) is 0.512. The molecule has 0 aromatic carbocycles. The first kappa shape index (κ1) is 10.0. The van der Waals surface area contributed by atoms with Gasteiger partial charge in [-0.15, -0.1) is 0 Å². The lowest BCUT2D eigenvalue weighted by Crippen LogP contribution is -2.29. The second kappa shape index (κ2) is 4.27. The van der Waals surface area contributed by atoms with Crippen molar-refractivity contribution in [1.82, 2.24) is 5.32 Å². The van der Waals surface area contributed by atoms with Crippen molar-refractivity contribution in [3.05, 3.63) is 0 Å². The van der Waals surface area contributed by atoms with Gasteiger partial charge in [-0.25, -0.2) is 0 Å². The second-order valence-electron chi connectivity index (χ2n) is 5.13. The summed E-state index contributed by atoms with van der Waals surface area (Å²) in [6, 6.07) is 0. The molecule has 0 saturated carbocycles. The van der Waals surface area contributed by atoms with Crippen LogP contribution in [-0.4, -0.2) is 13.1 Å². The van der Waals surface area contributed by atoms with Crippen LogP contribution in [-0.2, 0) is 0 Å². The van der Waals surface area contributed by atoms with Crippen LogP contribution in [0.2, 0.25) is 0 Å². The summed E-state index contributed by atoms with van der Waals surface area (Å²) in [7, 11) is 0. The van der Waals surface area contributed by atoms with E-state index in [0.29, 0.717) is 5.41 Å². The highest BCUT2D eigenvalue weighted by Gasteiger charge is 2.19. The van der Waals surface area contributed by atoms with Crippen LogP contribution in [0.15, 0.2) is 0 Å². The second-order valence-corrected chi connectivity index (χ2v) is 5.13. The molecule has 0 bridgehead atoms. The summed E-state index contributed by atoms with van der Waals surface area (Å²) < 4.78 is 0. The van der Waals surface area contributed by atoms with Crippen molar-refractivity contribution < 1.29 is 0 Å². The zero-order chi connectivity index (χ0) is 9.03. The molecule has 0 radical (unpaired) electrons. The molecule has 1 heterocycles. The Morgan fingerprint density at radius 1 is 1.25 bits per heavy atom. The van der Waals surface area contributed by atoms with Crippen molar-refractivity contribution >= 4 is 0 Å². The van der Waals surface area contributed by atoms with Crippen LogP contribution in [0.25, 0.3) is 0 Å². The SMILES string of the molecule is CC1CCCNCC(C)(C)CC1. The fraction of sp³-hybridized carbons (Fsp3) is 1.00. The third kappa shape index (κ3) is 3.57. The third-order valence-electron chi connectivity index (χ3n) is 2.97. The lowest BCUT2D eigenvalue weighted by Gasteiger charge is -2.24. The van der Waals surface area contributed by atoms with E-state index in [0.717, 1.165) is 5.92 Å². The molecule has 1 aliphatic heterocycles. The van der Waals surface area contributed by atoms with Crippen LogP contribution >= 0.6 is 0 Å². The van der Waals surface area contributed by atoms with Gasteiger partial charge in [0.15, 0.2) is 0 Å². The van der Waals surface area contributed by atoms with E-state index < -0.39 is 0 Å². The Kier molecular flexibility index (Phi) is 3.57. The summed E-state index contributed by atoms with van der Waals surface area (Å²) in [6.45, 7) is 9.55. The van der Waals surface area contributed by atoms with Gasteiger partial charge >= 0.3 is 0 Å². The molecular weight excluding hydrogens is 146 g/mol. The molecule has 12 heavy (non-hydrogen) atoms. The third-order valence-corrected chi connectivity index (χ3v) is 2.97. The van der Waals surface area contributed by atoms with E-state index in [2.05, 4.69) is 26.1 Å². The quantitative estimate of drug-likeness (QED) is 0.588. The average Bonchev–Trinajstić information content (AvgIpc) is 2.05. The average molecular weight is 169 g/mol. The smallest absolute Gasteiger partial charge is 0.000252 e. The summed E-state index contributed by atoms with van der Waals surface area (Å²) in [6.07, 6.45) is 5.55. The van der Waals surface area contributed by atoms with Crippen molar-refractivity contribution in [2.45, 2.75) is 46.5 Å². The monoisotopic (exact) mass is 169 g/mol. The first-order chi connectivity index (χ1) is 5.60. The normalized spacial score (nSPS) is 31.8. The minimum absolute atomic E-state index is 0.512. The van der Waals surface area contributed by atoms with Crippen molar-refractivity contribution in [2.24, 2.45) is 11.3 Å². The standard InChI is InChI=1S/C11H23N/c1-10-5-4-8-12-9-11(2,3)7-6-10/h10,12H,4-9H2,1-3H3. The largest absolute Gasteiger partial charge is 0.316 e. The van der Waals surface area contributed by atoms with Crippen LogP contribution in [0.3, 0.4) is 0 Å². The van der Waals surface area contributed by atoms with Crippen LogP contribution in [0.5, 0.6) is 0 Å². The van der Waals surface area contributed by atoms with Gasteiger partial charge < -0.3 is 5.32 Å². The molecule has 1 N–H and O–H groups in total. The van der Waals surface area contributed by atoms with Gasteiger partial charge in [0.25, 0.3) is 0 Å². The fourth-order valence-corrected chi connectivity index (χ4v) is 1.87. The molecule has 1 unspecified atom stereocenters. The van der Waals surface area contributed by atoms with Gasteiger partial charge in [0.1, 0.15) is 0 Å². The zero-order valence-corrected chi connectivity index (χ0v) is 8.82. The topological polar surface area (TPSA) is 12.0 Å². The molecule has 1 heteroatoms. The first-order valence-corrected chi connectivity index (χ1v) is 5.31. The molecule has 0 aromatic rings. The van der Waals surface area contributed by atoms with Gasteiger partial charge in [0.05, 0.1) is 0 Å². The summed E-state index contributed by atoms with van der Waals surface area (Å²) in [4.78, 5) is 0. The Hall–Kier alpha value is -0.0400. The van der Waals surface area contributed by atoms with Crippen LogP contribution < -0.4 is 5.32 Å². The van der Waals surface area contributed by atoms with E-state index in [-0.39, 0.29) is 0 Å². The van der Waals surface area contributed by atoms with E-state index in [9.17, 15) is 0 Å². The minimum atomic E-state index is 0.512. The zero-order valence-electron chi connectivity index (χ0n) is 8.82. The minimum Gasteiger partial charge on any atom is -0.316 e. The number of nitrogens with one attached hydrogen (secondary N) is 1. The Morgan fingerprint density at radius 3 is 2.75 bits per heavy atom. The maximum absolute atomic E-state index is 3.54. The molecule has 0 amide bonds.